The Bertz CT molecular complexity index is 106. The van der Waals surface area contributed by atoms with Crippen molar-refractivity contribution >= 4 is 0 Å². The van der Waals surface area contributed by atoms with E-state index in [1.165, 1.54) is 0 Å². The van der Waals surface area contributed by atoms with Gasteiger partial charge in [0, 0.05) is 5.41 Å². The number of hydrogen-bond acceptors (Lipinski definition) is 2. The monoisotopic (exact) mass is 144 g/mol. The van der Waals surface area contributed by atoms with E-state index in [0.717, 1.165) is 26.1 Å². The van der Waals surface area contributed by atoms with Crippen molar-refractivity contribution in [1.82, 2.24) is 0 Å². The molecule has 2 nitrogen and oxygen atoms in total. The first-order chi connectivity index (χ1) is 4.62. The Morgan fingerprint density at radius 2 is 2.20 bits per heavy atom. The Morgan fingerprint density at radius 3 is 2.50 bits per heavy atom. The fraction of sp³-hybridized carbons (Fsp3) is 1.00. The maximum absolute atomic E-state index is 8.99. The van der Waals surface area contributed by atoms with Crippen LogP contribution in [-0.4, -0.2) is 24.4 Å². The minimum Gasteiger partial charge on any atom is -0.393 e. The van der Waals surface area contributed by atoms with Crippen LogP contribution in [0.15, 0.2) is 0 Å². The van der Waals surface area contributed by atoms with E-state index in [1.54, 1.807) is 0 Å². The summed E-state index contributed by atoms with van der Waals surface area (Å²) in [5.41, 5.74) is 0.372. The molecule has 0 aromatic heterocycles. The molecule has 60 valence electrons. The minimum absolute atomic E-state index is 0.155. The molecule has 0 amide bonds. The predicted octanol–water partition coefficient (Wildman–Crippen LogP) is 1.18. The van der Waals surface area contributed by atoms with Gasteiger partial charge in [0.2, 0.25) is 0 Å². The molecule has 1 N–H and O–H groups in total. The molecule has 0 bridgehead atoms. The second kappa shape index (κ2) is 2.89. The molecular weight excluding hydrogens is 128 g/mol. The van der Waals surface area contributed by atoms with Gasteiger partial charge in [0.1, 0.15) is 0 Å². The molecule has 0 radical (unpaired) electrons. The highest BCUT2D eigenvalue weighted by molar-refractivity contribution is 4.80. The molecular formula is C8H16O2. The van der Waals surface area contributed by atoms with Crippen LogP contribution < -0.4 is 0 Å². The van der Waals surface area contributed by atoms with E-state index in [1.807, 2.05) is 6.92 Å². The van der Waals surface area contributed by atoms with Crippen LogP contribution in [0.25, 0.3) is 0 Å². The molecule has 1 rings (SSSR count). The number of rotatable bonds is 3. The average Bonchev–Trinajstić information content (AvgIpc) is 1.79. The van der Waals surface area contributed by atoms with E-state index >= 15 is 0 Å². The Labute approximate surface area is 62.2 Å². The molecule has 1 heterocycles. The maximum atomic E-state index is 8.99. The van der Waals surface area contributed by atoms with Crippen LogP contribution in [0.2, 0.25) is 0 Å². The van der Waals surface area contributed by atoms with Gasteiger partial charge in [-0.2, -0.15) is 0 Å². The summed E-state index contributed by atoms with van der Waals surface area (Å²) in [6, 6.07) is 0. The molecule has 0 aromatic carbocycles. The Hall–Kier alpha value is -0.0800. The molecule has 0 spiro atoms. The van der Waals surface area contributed by atoms with Crippen LogP contribution in [0.5, 0.6) is 0 Å². The van der Waals surface area contributed by atoms with Crippen molar-refractivity contribution < 1.29 is 9.84 Å². The summed E-state index contributed by atoms with van der Waals surface area (Å²) in [4.78, 5) is 0. The van der Waals surface area contributed by atoms with Crippen molar-refractivity contribution in [2.45, 2.75) is 32.8 Å². The van der Waals surface area contributed by atoms with Gasteiger partial charge in [-0.1, -0.05) is 6.92 Å². The third-order valence-electron chi connectivity index (χ3n) is 2.07. The second-order valence-electron chi connectivity index (χ2n) is 3.69. The molecule has 1 saturated heterocycles. The lowest BCUT2D eigenvalue weighted by molar-refractivity contribution is -0.109. The standard InChI is InChI=1S/C8H16O2/c1-7(9)3-4-8(2)5-10-6-8/h7,9H,3-6H2,1-2H3/t7-/m0/s1. The van der Waals surface area contributed by atoms with Gasteiger partial charge < -0.3 is 9.84 Å². The largest absolute Gasteiger partial charge is 0.393 e. The average molecular weight is 144 g/mol. The Balaban J connectivity index is 2.12. The zero-order chi connectivity index (χ0) is 7.61. The molecule has 1 atom stereocenters. The van der Waals surface area contributed by atoms with Crippen molar-refractivity contribution in [3.8, 4) is 0 Å². The summed E-state index contributed by atoms with van der Waals surface area (Å²) in [6.45, 7) is 5.79. The van der Waals surface area contributed by atoms with Gasteiger partial charge in [-0.3, -0.25) is 0 Å². The van der Waals surface area contributed by atoms with E-state index in [2.05, 4.69) is 6.92 Å². The number of aliphatic hydroxyl groups excluding tert-OH is 1. The van der Waals surface area contributed by atoms with Gasteiger partial charge in [0.25, 0.3) is 0 Å². The van der Waals surface area contributed by atoms with E-state index in [9.17, 15) is 0 Å². The van der Waals surface area contributed by atoms with Gasteiger partial charge in [-0.05, 0) is 19.8 Å². The highest BCUT2D eigenvalue weighted by Crippen LogP contribution is 2.32. The highest BCUT2D eigenvalue weighted by Gasteiger charge is 2.32. The zero-order valence-corrected chi connectivity index (χ0v) is 6.76. The molecule has 2 heteroatoms. The minimum atomic E-state index is -0.155. The third kappa shape index (κ3) is 1.96. The zero-order valence-electron chi connectivity index (χ0n) is 6.76. The molecule has 0 aliphatic carbocycles. The predicted molar refractivity (Wildman–Crippen MR) is 39.8 cm³/mol. The Kier molecular flexibility index (Phi) is 2.32. The number of ether oxygens (including phenoxy) is 1. The summed E-state index contributed by atoms with van der Waals surface area (Å²) in [6.07, 6.45) is 1.84. The summed E-state index contributed by atoms with van der Waals surface area (Å²) < 4.78 is 5.09. The quantitative estimate of drug-likeness (QED) is 0.644. The van der Waals surface area contributed by atoms with Gasteiger partial charge in [-0.25, -0.2) is 0 Å². The Morgan fingerprint density at radius 1 is 1.60 bits per heavy atom. The molecule has 0 saturated carbocycles. The molecule has 1 aliphatic heterocycles. The molecule has 10 heavy (non-hydrogen) atoms. The first-order valence-corrected chi connectivity index (χ1v) is 3.88. The molecule has 1 fully saturated rings. The van der Waals surface area contributed by atoms with Crippen LogP contribution >= 0.6 is 0 Å². The van der Waals surface area contributed by atoms with E-state index in [0.29, 0.717) is 5.41 Å². The lowest BCUT2D eigenvalue weighted by Gasteiger charge is -2.38. The maximum Gasteiger partial charge on any atom is 0.0542 e. The van der Waals surface area contributed by atoms with Crippen molar-refractivity contribution in [3.05, 3.63) is 0 Å². The number of hydrogen-bond donors (Lipinski definition) is 1. The van der Waals surface area contributed by atoms with Crippen molar-refractivity contribution in [2.24, 2.45) is 5.41 Å². The van der Waals surface area contributed by atoms with Crippen LogP contribution in [0.1, 0.15) is 26.7 Å². The van der Waals surface area contributed by atoms with Gasteiger partial charge in [0.15, 0.2) is 0 Å². The highest BCUT2D eigenvalue weighted by atomic mass is 16.5. The number of aliphatic hydroxyl groups is 1. The molecule has 1 aliphatic rings. The molecule has 0 unspecified atom stereocenters. The van der Waals surface area contributed by atoms with E-state index < -0.39 is 0 Å². The summed E-state index contributed by atoms with van der Waals surface area (Å²) in [7, 11) is 0. The van der Waals surface area contributed by atoms with Crippen LogP contribution in [-0.2, 0) is 4.74 Å². The third-order valence-corrected chi connectivity index (χ3v) is 2.07. The fourth-order valence-corrected chi connectivity index (χ4v) is 1.15. The first-order valence-electron chi connectivity index (χ1n) is 3.88. The topological polar surface area (TPSA) is 29.5 Å². The lowest BCUT2D eigenvalue weighted by Crippen LogP contribution is -2.40. The first kappa shape index (κ1) is 8.02. The van der Waals surface area contributed by atoms with Gasteiger partial charge in [0.05, 0.1) is 19.3 Å². The van der Waals surface area contributed by atoms with E-state index in [4.69, 9.17) is 9.84 Å². The van der Waals surface area contributed by atoms with Crippen LogP contribution in [0.3, 0.4) is 0 Å². The normalized spacial score (nSPS) is 25.5. The van der Waals surface area contributed by atoms with Crippen LogP contribution in [0, 0.1) is 5.41 Å². The van der Waals surface area contributed by atoms with E-state index in [-0.39, 0.29) is 6.10 Å². The lowest BCUT2D eigenvalue weighted by atomic mass is 9.83. The summed E-state index contributed by atoms with van der Waals surface area (Å²) >= 11 is 0. The van der Waals surface area contributed by atoms with Crippen molar-refractivity contribution in [1.29, 1.82) is 0 Å². The summed E-state index contributed by atoms with van der Waals surface area (Å²) in [5, 5.41) is 8.99. The second-order valence-corrected chi connectivity index (χ2v) is 3.69. The van der Waals surface area contributed by atoms with Crippen molar-refractivity contribution in [2.75, 3.05) is 13.2 Å². The van der Waals surface area contributed by atoms with Crippen molar-refractivity contribution in [3.63, 3.8) is 0 Å². The smallest absolute Gasteiger partial charge is 0.0542 e. The SMILES string of the molecule is C[C@H](O)CCC1(C)COC1. The van der Waals surface area contributed by atoms with Gasteiger partial charge in [-0.15, -0.1) is 0 Å². The fourth-order valence-electron chi connectivity index (χ4n) is 1.15. The van der Waals surface area contributed by atoms with Crippen LogP contribution in [0.4, 0.5) is 0 Å². The summed E-state index contributed by atoms with van der Waals surface area (Å²) in [5.74, 6) is 0. The molecule has 0 aromatic rings. The van der Waals surface area contributed by atoms with Gasteiger partial charge >= 0.3 is 0 Å².